The van der Waals surface area contributed by atoms with E-state index in [9.17, 15) is 5.11 Å². The summed E-state index contributed by atoms with van der Waals surface area (Å²) in [4.78, 5) is 1.29. The van der Waals surface area contributed by atoms with Crippen molar-refractivity contribution < 1.29 is 9.84 Å². The zero-order valence-corrected chi connectivity index (χ0v) is 10.8. The lowest BCUT2D eigenvalue weighted by atomic mass is 10.1. The summed E-state index contributed by atoms with van der Waals surface area (Å²) in [7, 11) is 1.69. The Morgan fingerprint density at radius 3 is 2.94 bits per heavy atom. The maximum atomic E-state index is 9.37. The predicted molar refractivity (Wildman–Crippen MR) is 68.1 cm³/mol. The van der Waals surface area contributed by atoms with Gasteiger partial charge in [-0.3, -0.25) is 0 Å². The SMILES string of the molecule is CCC(O)CCCNCc1ccc(OC)s1. The number of aliphatic hydroxyl groups is 1. The van der Waals surface area contributed by atoms with Crippen LogP contribution in [0.15, 0.2) is 12.1 Å². The quantitative estimate of drug-likeness (QED) is 0.689. The first kappa shape index (κ1) is 13.5. The highest BCUT2D eigenvalue weighted by molar-refractivity contribution is 7.13. The number of rotatable bonds is 8. The second-order valence-electron chi connectivity index (χ2n) is 3.81. The van der Waals surface area contributed by atoms with Gasteiger partial charge in [0.1, 0.15) is 0 Å². The molecule has 0 radical (unpaired) electrons. The van der Waals surface area contributed by atoms with Crippen LogP contribution in [0.4, 0.5) is 0 Å². The lowest BCUT2D eigenvalue weighted by Crippen LogP contribution is -2.16. The molecule has 0 fully saturated rings. The van der Waals surface area contributed by atoms with Gasteiger partial charge in [0, 0.05) is 11.4 Å². The van der Waals surface area contributed by atoms with Crippen LogP contribution in [0.2, 0.25) is 0 Å². The van der Waals surface area contributed by atoms with Crippen LogP contribution in [0, 0.1) is 0 Å². The number of ether oxygens (including phenoxy) is 1. The molecule has 1 atom stereocenters. The highest BCUT2D eigenvalue weighted by Crippen LogP contribution is 2.23. The Kier molecular flexibility index (Phi) is 6.45. The van der Waals surface area contributed by atoms with E-state index in [0.717, 1.165) is 37.4 Å². The van der Waals surface area contributed by atoms with Gasteiger partial charge < -0.3 is 15.2 Å². The second kappa shape index (κ2) is 7.65. The molecule has 0 aliphatic rings. The van der Waals surface area contributed by atoms with Gasteiger partial charge in [0.25, 0.3) is 0 Å². The summed E-state index contributed by atoms with van der Waals surface area (Å²) in [5.74, 6) is 0. The standard InChI is InChI=1S/C12H21NO2S/c1-3-10(14)5-4-8-13-9-11-6-7-12(15-2)16-11/h6-7,10,13-14H,3-5,8-9H2,1-2H3. The average molecular weight is 243 g/mol. The van der Waals surface area contributed by atoms with E-state index in [2.05, 4.69) is 11.4 Å². The van der Waals surface area contributed by atoms with E-state index in [1.165, 1.54) is 4.88 Å². The van der Waals surface area contributed by atoms with Crippen LogP contribution in [0.3, 0.4) is 0 Å². The molecule has 0 spiro atoms. The first-order valence-electron chi connectivity index (χ1n) is 5.77. The van der Waals surface area contributed by atoms with E-state index in [4.69, 9.17) is 4.74 Å². The van der Waals surface area contributed by atoms with Crippen LogP contribution < -0.4 is 10.1 Å². The van der Waals surface area contributed by atoms with Gasteiger partial charge in [-0.05, 0) is 37.9 Å². The number of nitrogens with one attached hydrogen (secondary N) is 1. The van der Waals surface area contributed by atoms with Crippen LogP contribution in [0.1, 0.15) is 31.1 Å². The minimum absolute atomic E-state index is 0.136. The molecule has 92 valence electrons. The summed E-state index contributed by atoms with van der Waals surface area (Å²) in [6, 6.07) is 4.07. The maximum Gasteiger partial charge on any atom is 0.173 e. The molecule has 1 unspecified atom stereocenters. The van der Waals surface area contributed by atoms with Gasteiger partial charge >= 0.3 is 0 Å². The topological polar surface area (TPSA) is 41.5 Å². The fourth-order valence-electron chi connectivity index (χ4n) is 1.44. The van der Waals surface area contributed by atoms with Crippen molar-refractivity contribution in [3.8, 4) is 5.06 Å². The molecule has 0 aromatic carbocycles. The third kappa shape index (κ3) is 4.96. The smallest absolute Gasteiger partial charge is 0.173 e. The number of methoxy groups -OCH3 is 1. The van der Waals surface area contributed by atoms with Crippen LogP contribution in [-0.2, 0) is 6.54 Å². The summed E-state index contributed by atoms with van der Waals surface area (Å²) >= 11 is 1.67. The van der Waals surface area contributed by atoms with Gasteiger partial charge in [-0.25, -0.2) is 0 Å². The predicted octanol–water partition coefficient (Wildman–Crippen LogP) is 2.40. The molecule has 4 heteroatoms. The minimum Gasteiger partial charge on any atom is -0.487 e. The normalized spacial score (nSPS) is 12.7. The second-order valence-corrected chi connectivity index (χ2v) is 4.94. The van der Waals surface area contributed by atoms with Crippen molar-refractivity contribution in [1.29, 1.82) is 0 Å². The van der Waals surface area contributed by atoms with E-state index < -0.39 is 0 Å². The van der Waals surface area contributed by atoms with E-state index in [1.807, 2.05) is 13.0 Å². The van der Waals surface area contributed by atoms with Crippen molar-refractivity contribution in [2.24, 2.45) is 0 Å². The Balaban J connectivity index is 2.07. The van der Waals surface area contributed by atoms with Crippen LogP contribution in [0.5, 0.6) is 5.06 Å². The van der Waals surface area contributed by atoms with Crippen LogP contribution >= 0.6 is 11.3 Å². The first-order valence-corrected chi connectivity index (χ1v) is 6.59. The molecule has 3 nitrogen and oxygen atoms in total. The molecule has 0 amide bonds. The van der Waals surface area contributed by atoms with Gasteiger partial charge in [-0.1, -0.05) is 6.92 Å². The number of hydrogen-bond acceptors (Lipinski definition) is 4. The molecule has 0 bridgehead atoms. The minimum atomic E-state index is -0.136. The molecule has 16 heavy (non-hydrogen) atoms. The lowest BCUT2D eigenvalue weighted by Gasteiger charge is -2.07. The molecular weight excluding hydrogens is 222 g/mol. The molecule has 2 N–H and O–H groups in total. The third-order valence-corrected chi connectivity index (χ3v) is 3.55. The molecule has 1 aromatic heterocycles. The number of hydrogen-bond donors (Lipinski definition) is 2. The zero-order chi connectivity index (χ0) is 11.8. The molecule has 1 aromatic rings. The average Bonchev–Trinajstić information content (AvgIpc) is 2.76. The first-order chi connectivity index (χ1) is 7.76. The van der Waals surface area contributed by atoms with E-state index in [-0.39, 0.29) is 6.10 Å². The maximum absolute atomic E-state index is 9.37. The molecular formula is C12H21NO2S. The third-order valence-electron chi connectivity index (χ3n) is 2.50. The van der Waals surface area contributed by atoms with Gasteiger partial charge in [0.15, 0.2) is 5.06 Å². The van der Waals surface area contributed by atoms with E-state index in [0.29, 0.717) is 0 Å². The highest BCUT2D eigenvalue weighted by Gasteiger charge is 2.01. The van der Waals surface area contributed by atoms with Crippen molar-refractivity contribution in [2.75, 3.05) is 13.7 Å². The van der Waals surface area contributed by atoms with Crippen molar-refractivity contribution >= 4 is 11.3 Å². The highest BCUT2D eigenvalue weighted by atomic mass is 32.1. The van der Waals surface area contributed by atoms with Crippen LogP contribution in [-0.4, -0.2) is 24.9 Å². The van der Waals surface area contributed by atoms with E-state index in [1.54, 1.807) is 18.4 Å². The van der Waals surface area contributed by atoms with Gasteiger partial charge in [0.05, 0.1) is 13.2 Å². The van der Waals surface area contributed by atoms with Crippen molar-refractivity contribution in [1.82, 2.24) is 5.32 Å². The Morgan fingerprint density at radius 2 is 2.31 bits per heavy atom. The fraction of sp³-hybridized carbons (Fsp3) is 0.667. The van der Waals surface area contributed by atoms with E-state index >= 15 is 0 Å². The molecule has 0 saturated carbocycles. The molecule has 1 rings (SSSR count). The molecule has 0 saturated heterocycles. The van der Waals surface area contributed by atoms with Gasteiger partial charge in [0.2, 0.25) is 0 Å². The Morgan fingerprint density at radius 1 is 1.50 bits per heavy atom. The summed E-state index contributed by atoms with van der Waals surface area (Å²) in [6.07, 6.45) is 2.63. The van der Waals surface area contributed by atoms with Crippen molar-refractivity contribution in [3.63, 3.8) is 0 Å². The monoisotopic (exact) mass is 243 g/mol. The Bertz CT molecular complexity index is 288. The zero-order valence-electron chi connectivity index (χ0n) is 10.0. The van der Waals surface area contributed by atoms with Crippen molar-refractivity contribution in [2.45, 2.75) is 38.8 Å². The lowest BCUT2D eigenvalue weighted by molar-refractivity contribution is 0.157. The number of aliphatic hydroxyl groups excluding tert-OH is 1. The van der Waals surface area contributed by atoms with Gasteiger partial charge in [-0.15, -0.1) is 11.3 Å². The Hall–Kier alpha value is -0.580. The summed E-state index contributed by atoms with van der Waals surface area (Å²) in [5.41, 5.74) is 0. The van der Waals surface area contributed by atoms with Crippen LogP contribution in [0.25, 0.3) is 0 Å². The summed E-state index contributed by atoms with van der Waals surface area (Å²) < 4.78 is 5.13. The summed E-state index contributed by atoms with van der Waals surface area (Å²) in [5, 5.41) is 13.7. The number of thiophene rings is 1. The van der Waals surface area contributed by atoms with Crippen molar-refractivity contribution in [3.05, 3.63) is 17.0 Å². The molecule has 1 heterocycles. The summed E-state index contributed by atoms with van der Waals surface area (Å²) in [6.45, 7) is 3.85. The largest absolute Gasteiger partial charge is 0.487 e. The fourth-order valence-corrected chi connectivity index (χ4v) is 2.23. The molecule has 0 aliphatic heterocycles. The van der Waals surface area contributed by atoms with Gasteiger partial charge in [-0.2, -0.15) is 0 Å². The molecule has 0 aliphatic carbocycles. The Labute approximate surface area is 101 Å².